The summed E-state index contributed by atoms with van der Waals surface area (Å²) in [4.78, 5) is 0. The van der Waals surface area contributed by atoms with Gasteiger partial charge in [0.2, 0.25) is 0 Å². The maximum Gasteiger partial charge on any atom is 0.109 e. The van der Waals surface area contributed by atoms with Crippen LogP contribution in [-0.2, 0) is 0 Å². The van der Waals surface area contributed by atoms with Crippen molar-refractivity contribution in [2.24, 2.45) is 0 Å². The first-order valence-electron chi connectivity index (χ1n) is 2.84. The van der Waals surface area contributed by atoms with Gasteiger partial charge in [0, 0.05) is 0 Å². The average molecular weight is 92.8 g/mol. The molecule has 3 radical (unpaired) electrons. The Kier molecular flexibility index (Phi) is 4.37. The molecule has 0 N–H and O–H groups in total. The molecule has 0 fully saturated rings. The topological polar surface area (TPSA) is 0 Å². The summed E-state index contributed by atoms with van der Waals surface area (Å²) in [6, 6.07) is 0. The molecule has 7 heavy (non-hydrogen) atoms. The molecule has 0 rings (SSSR count). The van der Waals surface area contributed by atoms with Gasteiger partial charge in [-0.1, -0.05) is 32.3 Å². The zero-order valence-electron chi connectivity index (χ0n) is 5.15. The fourth-order valence-electron chi connectivity index (χ4n) is 0.538. The second kappa shape index (κ2) is 4.29. The van der Waals surface area contributed by atoms with E-state index >= 15 is 0 Å². The van der Waals surface area contributed by atoms with Crippen molar-refractivity contribution < 1.29 is 0 Å². The molecule has 0 spiro atoms. The average Bonchev–Trinajstić information content (AvgIpc) is 1.72. The Bertz CT molecular complexity index is 27.6. The lowest BCUT2D eigenvalue weighted by Gasteiger charge is -2.04. The first-order valence-corrected chi connectivity index (χ1v) is 2.84. The summed E-state index contributed by atoms with van der Waals surface area (Å²) in [5, 5.41) is 0. The zero-order valence-corrected chi connectivity index (χ0v) is 5.15. The highest BCUT2D eigenvalue weighted by Gasteiger charge is 1.97. The van der Waals surface area contributed by atoms with Crippen LogP contribution in [0.1, 0.15) is 13.3 Å². The van der Waals surface area contributed by atoms with Crippen LogP contribution in [0, 0.1) is 0 Å². The molecule has 37 valence electrons. The van der Waals surface area contributed by atoms with Crippen molar-refractivity contribution in [3.05, 3.63) is 0 Å². The third-order valence-corrected chi connectivity index (χ3v) is 1.30. The van der Waals surface area contributed by atoms with E-state index in [1.807, 2.05) is 0 Å². The molecule has 0 amide bonds. The molecule has 0 saturated carbocycles. The van der Waals surface area contributed by atoms with Crippen molar-refractivity contribution in [3.63, 3.8) is 0 Å². The predicted molar refractivity (Wildman–Crippen MR) is 36.2 cm³/mol. The van der Waals surface area contributed by atoms with E-state index < -0.39 is 0 Å². The van der Waals surface area contributed by atoms with Crippen molar-refractivity contribution in [1.29, 1.82) is 0 Å². The normalized spacial score (nSPS) is 13.4. The minimum atomic E-state index is 0.639. The summed E-state index contributed by atoms with van der Waals surface area (Å²) in [5.41, 5.74) is 0. The van der Waals surface area contributed by atoms with Crippen molar-refractivity contribution in [1.82, 2.24) is 0 Å². The van der Waals surface area contributed by atoms with Crippen molar-refractivity contribution in [3.8, 4) is 0 Å². The Morgan fingerprint density at radius 3 is 2.29 bits per heavy atom. The van der Waals surface area contributed by atoms with Gasteiger partial charge in [0.05, 0.1) is 7.85 Å². The molecule has 0 aromatic rings. The monoisotopic (exact) mass is 93.1 g/mol. The Balaban J connectivity index is 2.99. The predicted octanol–water partition coefficient (Wildman–Crippen LogP) is 1.52. The van der Waals surface area contributed by atoms with E-state index in [1.165, 1.54) is 6.42 Å². The molecule has 0 aliphatic rings. The minimum Gasteiger partial charge on any atom is -0.0928 e. The zero-order chi connectivity index (χ0) is 5.70. The summed E-state index contributed by atoms with van der Waals surface area (Å²) in [6.45, 7) is 4.21. The maximum absolute atomic E-state index is 5.36. The second-order valence-corrected chi connectivity index (χ2v) is 1.74. The van der Waals surface area contributed by atoms with Gasteiger partial charge < -0.3 is 0 Å². The summed E-state index contributed by atoms with van der Waals surface area (Å²) in [6.07, 6.45) is 1.97. The van der Waals surface area contributed by atoms with Crippen LogP contribution < -0.4 is 0 Å². The van der Waals surface area contributed by atoms with Crippen LogP contribution in [0.4, 0.5) is 0 Å². The van der Waals surface area contributed by atoms with Gasteiger partial charge in [0.1, 0.15) is 7.28 Å². The summed E-state index contributed by atoms with van der Waals surface area (Å²) < 4.78 is 0. The highest BCUT2D eigenvalue weighted by atomic mass is 13.9. The first kappa shape index (κ1) is 7.13. The molecule has 0 aromatic heterocycles. The van der Waals surface area contributed by atoms with Crippen molar-refractivity contribution in [2.45, 2.75) is 32.3 Å². The Morgan fingerprint density at radius 2 is 2.29 bits per heavy atom. The molecule has 0 nitrogen and oxygen atoms in total. The summed E-state index contributed by atoms with van der Waals surface area (Å²) in [5.74, 6) is 0.639. The molecule has 1 atom stereocenters. The number of rotatable bonds is 3. The van der Waals surface area contributed by atoms with E-state index in [4.69, 9.17) is 7.85 Å². The second-order valence-electron chi connectivity index (χ2n) is 1.74. The van der Waals surface area contributed by atoms with E-state index in [2.05, 4.69) is 21.0 Å². The molecule has 2 heteroatoms. The third-order valence-electron chi connectivity index (χ3n) is 1.30. The van der Waals surface area contributed by atoms with Crippen molar-refractivity contribution >= 4 is 15.1 Å². The first-order chi connectivity index (χ1) is 3.35. The smallest absolute Gasteiger partial charge is 0.0928 e. The molecule has 1 unspecified atom stereocenters. The van der Waals surface area contributed by atoms with Crippen LogP contribution in [-0.4, -0.2) is 15.1 Å². The van der Waals surface area contributed by atoms with Crippen LogP contribution >= 0.6 is 0 Å². The fourth-order valence-corrected chi connectivity index (χ4v) is 0.538. The van der Waals surface area contributed by atoms with Crippen molar-refractivity contribution in [2.75, 3.05) is 0 Å². The van der Waals surface area contributed by atoms with Gasteiger partial charge in [-0.3, -0.25) is 0 Å². The number of hydrogen-bond acceptors (Lipinski definition) is 0. The lowest BCUT2D eigenvalue weighted by molar-refractivity contribution is 0.869. The minimum absolute atomic E-state index is 0.639. The molecule has 0 aliphatic carbocycles. The van der Waals surface area contributed by atoms with Crippen LogP contribution in [0.3, 0.4) is 0 Å². The lowest BCUT2D eigenvalue weighted by Crippen LogP contribution is -1.95. The van der Waals surface area contributed by atoms with Crippen LogP contribution in [0.5, 0.6) is 0 Å². The quantitative estimate of drug-likeness (QED) is 0.464. The molecule has 0 bridgehead atoms. The van der Waals surface area contributed by atoms with Gasteiger partial charge in [-0.05, 0) is 0 Å². The van der Waals surface area contributed by atoms with Gasteiger partial charge >= 0.3 is 0 Å². The fraction of sp³-hybridized carbons (Fsp3) is 1.00. The Hall–Kier alpha value is 0.130. The standard InChI is InChI=1S/C5H11B2/c1-3-5(4-6)7-2/h5H,3-4H2,1-2H3. The van der Waals surface area contributed by atoms with Crippen LogP contribution in [0.15, 0.2) is 0 Å². The SMILES string of the molecule is [B]CC([B]C)CC. The molecule has 0 saturated heterocycles. The molecule has 0 heterocycles. The van der Waals surface area contributed by atoms with E-state index in [0.29, 0.717) is 5.82 Å². The highest BCUT2D eigenvalue weighted by molar-refractivity contribution is 6.37. The van der Waals surface area contributed by atoms with Gasteiger partial charge in [0.15, 0.2) is 0 Å². The molecular weight excluding hydrogens is 81.7 g/mol. The third kappa shape index (κ3) is 2.78. The summed E-state index contributed by atoms with van der Waals surface area (Å²) >= 11 is 0. The van der Waals surface area contributed by atoms with Crippen LogP contribution in [0.2, 0.25) is 19.0 Å². The van der Waals surface area contributed by atoms with Gasteiger partial charge in [-0.15, -0.1) is 0 Å². The molecular formula is C5H11B2. The van der Waals surface area contributed by atoms with Crippen LogP contribution in [0.25, 0.3) is 0 Å². The highest BCUT2D eigenvalue weighted by Crippen LogP contribution is 2.10. The Morgan fingerprint density at radius 1 is 1.71 bits per heavy atom. The van der Waals surface area contributed by atoms with E-state index in [9.17, 15) is 0 Å². The molecule has 0 aliphatic heterocycles. The van der Waals surface area contributed by atoms with E-state index in [0.717, 1.165) is 6.32 Å². The van der Waals surface area contributed by atoms with E-state index in [1.54, 1.807) is 0 Å². The largest absolute Gasteiger partial charge is 0.109 e. The van der Waals surface area contributed by atoms with Gasteiger partial charge in [-0.25, -0.2) is 0 Å². The molecule has 0 aromatic carbocycles. The van der Waals surface area contributed by atoms with E-state index in [-0.39, 0.29) is 0 Å². The lowest BCUT2D eigenvalue weighted by atomic mass is 9.61. The van der Waals surface area contributed by atoms with Gasteiger partial charge in [-0.2, -0.15) is 0 Å². The number of hydrogen-bond donors (Lipinski definition) is 0. The Labute approximate surface area is 48.3 Å². The van der Waals surface area contributed by atoms with Gasteiger partial charge in [0.25, 0.3) is 0 Å². The summed E-state index contributed by atoms with van der Waals surface area (Å²) in [7, 11) is 7.52. The maximum atomic E-state index is 5.36.